The average Bonchev–Trinajstić information content (AvgIpc) is 2.53. The van der Waals surface area contributed by atoms with E-state index in [0.717, 1.165) is 22.0 Å². The van der Waals surface area contributed by atoms with Crippen molar-refractivity contribution in [1.29, 1.82) is 0 Å². The van der Waals surface area contributed by atoms with Gasteiger partial charge in [0.2, 0.25) is 0 Å². The Hall–Kier alpha value is -2.50. The molecule has 2 N–H and O–H groups in total. The van der Waals surface area contributed by atoms with E-state index in [1.54, 1.807) is 7.11 Å². The predicted molar refractivity (Wildman–Crippen MR) is 80.7 cm³/mol. The molecular formula is C16H16N2O3. The Morgan fingerprint density at radius 2 is 1.86 bits per heavy atom. The molecule has 0 bridgehead atoms. The molecule has 0 fully saturated rings. The van der Waals surface area contributed by atoms with Gasteiger partial charge in [-0.05, 0) is 24.3 Å². The summed E-state index contributed by atoms with van der Waals surface area (Å²) >= 11 is 0. The van der Waals surface area contributed by atoms with Crippen molar-refractivity contribution in [3.63, 3.8) is 0 Å². The molecule has 0 radical (unpaired) electrons. The highest BCUT2D eigenvalue weighted by molar-refractivity contribution is 5.89. The molecule has 5 heteroatoms. The van der Waals surface area contributed by atoms with Crippen molar-refractivity contribution in [2.24, 2.45) is 0 Å². The zero-order valence-corrected chi connectivity index (χ0v) is 11.6. The lowest BCUT2D eigenvalue weighted by molar-refractivity contribution is 0.0509. The van der Waals surface area contributed by atoms with Crippen LogP contribution < -0.4 is 15.3 Å². The summed E-state index contributed by atoms with van der Waals surface area (Å²) < 4.78 is 10.5. The molecule has 0 unspecified atom stereocenters. The molecule has 2 aromatic carbocycles. The summed E-state index contributed by atoms with van der Waals surface area (Å²) in [6.07, 6.45) is 1.97. The second kappa shape index (κ2) is 5.87. The number of methoxy groups -OCH3 is 1. The highest BCUT2D eigenvalue weighted by Crippen LogP contribution is 2.32. The Kier molecular flexibility index (Phi) is 3.77. The van der Waals surface area contributed by atoms with E-state index in [9.17, 15) is 5.21 Å². The van der Waals surface area contributed by atoms with Crippen LogP contribution in [0.3, 0.4) is 0 Å². The van der Waals surface area contributed by atoms with Gasteiger partial charge >= 0.3 is 0 Å². The molecule has 0 amide bonds. The molecule has 0 aliphatic carbocycles. The molecule has 2 aromatic rings. The molecular weight excluding hydrogens is 268 g/mol. The van der Waals surface area contributed by atoms with Gasteiger partial charge in [-0.15, -0.1) is 0 Å². The lowest BCUT2D eigenvalue weighted by atomic mass is 10.0. The molecule has 21 heavy (non-hydrogen) atoms. The standard InChI is InChI=1S/C16H16N2O3/c1-20-11-21-16-9-5-3-7-13(16)14-10-12-6-2-4-8-15(12)18(19)17-14/h2-10,17,19H,11H2,1H3. The van der Waals surface area contributed by atoms with Gasteiger partial charge in [-0.1, -0.05) is 30.3 Å². The van der Waals surface area contributed by atoms with Crippen molar-refractivity contribution in [3.8, 4) is 5.75 Å². The maximum atomic E-state index is 10.1. The van der Waals surface area contributed by atoms with Crippen LogP contribution in [-0.4, -0.2) is 19.1 Å². The van der Waals surface area contributed by atoms with E-state index in [-0.39, 0.29) is 6.79 Å². The van der Waals surface area contributed by atoms with E-state index in [1.165, 1.54) is 0 Å². The number of hydrogen-bond donors (Lipinski definition) is 2. The van der Waals surface area contributed by atoms with Gasteiger partial charge in [0, 0.05) is 18.2 Å². The highest BCUT2D eigenvalue weighted by Gasteiger charge is 2.18. The van der Waals surface area contributed by atoms with Crippen molar-refractivity contribution in [3.05, 3.63) is 59.7 Å². The number of hydrogen-bond acceptors (Lipinski definition) is 5. The third-order valence-corrected chi connectivity index (χ3v) is 3.20. The number of benzene rings is 2. The van der Waals surface area contributed by atoms with Gasteiger partial charge < -0.3 is 9.47 Å². The van der Waals surface area contributed by atoms with Crippen molar-refractivity contribution >= 4 is 17.5 Å². The quantitative estimate of drug-likeness (QED) is 0.846. The molecule has 5 nitrogen and oxygen atoms in total. The topological polar surface area (TPSA) is 54.0 Å². The first kappa shape index (κ1) is 13.5. The van der Waals surface area contributed by atoms with Crippen molar-refractivity contribution < 1.29 is 14.7 Å². The zero-order chi connectivity index (χ0) is 14.7. The summed E-state index contributed by atoms with van der Waals surface area (Å²) in [5.74, 6) is 0.686. The maximum Gasteiger partial charge on any atom is 0.188 e. The van der Waals surface area contributed by atoms with Crippen LogP contribution in [0.1, 0.15) is 11.1 Å². The molecule has 1 heterocycles. The summed E-state index contributed by atoms with van der Waals surface area (Å²) in [7, 11) is 1.58. The van der Waals surface area contributed by atoms with Crippen LogP contribution in [0.4, 0.5) is 5.69 Å². The summed E-state index contributed by atoms with van der Waals surface area (Å²) in [4.78, 5) is 0. The Bertz CT molecular complexity index is 670. The molecule has 1 aliphatic heterocycles. The van der Waals surface area contributed by atoms with Crippen LogP contribution in [0.5, 0.6) is 5.75 Å². The number of anilines is 1. The lowest BCUT2D eigenvalue weighted by Gasteiger charge is -2.27. The normalized spacial score (nSPS) is 13.2. The number of para-hydroxylation sites is 2. The van der Waals surface area contributed by atoms with Gasteiger partial charge in [0.1, 0.15) is 5.75 Å². The number of fused-ring (bicyclic) bond motifs is 1. The lowest BCUT2D eigenvalue weighted by Crippen LogP contribution is -2.36. The highest BCUT2D eigenvalue weighted by atomic mass is 16.7. The number of nitrogens with zero attached hydrogens (tertiary/aromatic N) is 1. The molecule has 0 spiro atoms. The Labute approximate surface area is 123 Å². The van der Waals surface area contributed by atoms with Gasteiger partial charge in [0.25, 0.3) is 0 Å². The molecule has 0 saturated carbocycles. The summed E-state index contributed by atoms with van der Waals surface area (Å²) in [5, 5.41) is 11.1. The van der Waals surface area contributed by atoms with Crippen molar-refractivity contribution in [2.75, 3.05) is 19.1 Å². The fourth-order valence-corrected chi connectivity index (χ4v) is 2.24. The van der Waals surface area contributed by atoms with E-state index in [4.69, 9.17) is 9.47 Å². The summed E-state index contributed by atoms with van der Waals surface area (Å²) in [6, 6.07) is 15.2. The Morgan fingerprint density at radius 3 is 2.71 bits per heavy atom. The van der Waals surface area contributed by atoms with Crippen LogP contribution >= 0.6 is 0 Å². The van der Waals surface area contributed by atoms with Gasteiger partial charge in [0.05, 0.1) is 11.4 Å². The molecule has 3 rings (SSSR count). The van der Waals surface area contributed by atoms with Crippen molar-refractivity contribution in [1.82, 2.24) is 5.43 Å². The minimum absolute atomic E-state index is 0.170. The first-order valence-corrected chi connectivity index (χ1v) is 6.57. The number of rotatable bonds is 4. The average molecular weight is 284 g/mol. The van der Waals surface area contributed by atoms with E-state index >= 15 is 0 Å². The van der Waals surface area contributed by atoms with Crippen molar-refractivity contribution in [2.45, 2.75) is 0 Å². The number of hydrazine groups is 1. The molecule has 0 atom stereocenters. The smallest absolute Gasteiger partial charge is 0.188 e. The van der Waals surface area contributed by atoms with Crippen LogP contribution in [0.15, 0.2) is 48.5 Å². The zero-order valence-electron chi connectivity index (χ0n) is 11.6. The van der Waals surface area contributed by atoms with Crippen LogP contribution in [-0.2, 0) is 4.74 Å². The van der Waals surface area contributed by atoms with Crippen LogP contribution in [0.2, 0.25) is 0 Å². The second-order valence-electron chi connectivity index (χ2n) is 4.59. The van der Waals surface area contributed by atoms with Gasteiger partial charge in [-0.2, -0.15) is 5.17 Å². The molecule has 1 aliphatic rings. The number of nitrogens with one attached hydrogen (secondary N) is 1. The monoisotopic (exact) mass is 284 g/mol. The fourth-order valence-electron chi connectivity index (χ4n) is 2.24. The SMILES string of the molecule is COCOc1ccccc1C1=Cc2ccccc2N(O)N1. The Morgan fingerprint density at radius 1 is 1.10 bits per heavy atom. The largest absolute Gasteiger partial charge is 0.467 e. The van der Waals surface area contributed by atoms with E-state index in [0.29, 0.717) is 11.4 Å². The summed E-state index contributed by atoms with van der Waals surface area (Å²) in [5.41, 5.74) is 6.17. The van der Waals surface area contributed by atoms with E-state index < -0.39 is 0 Å². The fraction of sp³-hybridized carbons (Fsp3) is 0.125. The van der Waals surface area contributed by atoms with Gasteiger partial charge in [0.15, 0.2) is 6.79 Å². The molecule has 0 saturated heterocycles. The minimum atomic E-state index is 0.170. The van der Waals surface area contributed by atoms with E-state index in [2.05, 4.69) is 5.43 Å². The predicted octanol–water partition coefficient (Wildman–Crippen LogP) is 2.88. The maximum absolute atomic E-state index is 10.1. The van der Waals surface area contributed by atoms with Crippen LogP contribution in [0, 0.1) is 0 Å². The molecule has 108 valence electrons. The second-order valence-corrected chi connectivity index (χ2v) is 4.59. The first-order chi connectivity index (χ1) is 10.3. The Balaban J connectivity index is 2.00. The van der Waals surface area contributed by atoms with Gasteiger partial charge in [-0.25, -0.2) is 0 Å². The first-order valence-electron chi connectivity index (χ1n) is 6.57. The third-order valence-electron chi connectivity index (χ3n) is 3.20. The minimum Gasteiger partial charge on any atom is -0.467 e. The van der Waals surface area contributed by atoms with E-state index in [1.807, 2.05) is 54.6 Å². The number of ether oxygens (including phenoxy) is 2. The summed E-state index contributed by atoms with van der Waals surface area (Å²) in [6.45, 7) is 0.170. The van der Waals surface area contributed by atoms with Gasteiger partial charge in [-0.3, -0.25) is 10.6 Å². The molecule has 0 aromatic heterocycles. The van der Waals surface area contributed by atoms with Crippen LogP contribution in [0.25, 0.3) is 11.8 Å². The third kappa shape index (κ3) is 2.69.